The number of aromatic hydroxyl groups is 1. The van der Waals surface area contributed by atoms with Crippen molar-refractivity contribution in [2.75, 3.05) is 5.32 Å². The Kier molecular flexibility index (Phi) is 4.63. The van der Waals surface area contributed by atoms with Crippen LogP contribution in [0, 0.1) is 0 Å². The average Bonchev–Trinajstić information content (AvgIpc) is 2.83. The maximum Gasteiger partial charge on any atom is 0.256 e. The molecule has 27 heavy (non-hydrogen) atoms. The molecule has 0 saturated carbocycles. The third-order valence-electron chi connectivity index (χ3n) is 4.84. The number of fused-ring (bicyclic) bond motifs is 1. The molecule has 0 fully saturated rings. The van der Waals surface area contributed by atoms with Gasteiger partial charge in [0, 0.05) is 16.7 Å². The van der Waals surface area contributed by atoms with Crippen molar-refractivity contribution in [1.82, 2.24) is 0 Å². The number of hydrogen-bond acceptors (Lipinski definition) is 2. The van der Waals surface area contributed by atoms with Gasteiger partial charge in [-0.2, -0.15) is 0 Å². The summed E-state index contributed by atoms with van der Waals surface area (Å²) in [6.45, 7) is 12.4. The van der Waals surface area contributed by atoms with Crippen LogP contribution in [0.15, 0.2) is 30.3 Å². The molecule has 1 amide bonds. The Bertz CT molecular complexity index is 924. The molecule has 0 atom stereocenters. The highest BCUT2D eigenvalue weighted by molar-refractivity contribution is 6.41. The molecule has 0 radical (unpaired) electrons. The summed E-state index contributed by atoms with van der Waals surface area (Å²) in [4.78, 5) is 12.5. The first kappa shape index (κ1) is 19.5. The van der Waals surface area contributed by atoms with Gasteiger partial charge in [-0.3, -0.25) is 4.79 Å². The maximum atomic E-state index is 12.5. The number of benzene rings is 2. The van der Waals surface area contributed by atoms with Crippen LogP contribution in [0.1, 0.15) is 63.8 Å². The molecule has 0 spiro atoms. The van der Waals surface area contributed by atoms with Crippen LogP contribution in [-0.2, 0) is 15.6 Å². The summed E-state index contributed by atoms with van der Waals surface area (Å²) in [5, 5.41) is 14.3. The van der Waals surface area contributed by atoms with E-state index in [-0.39, 0.29) is 16.7 Å². The first-order chi connectivity index (χ1) is 12.4. The molecule has 0 aliphatic carbocycles. The maximum absolute atomic E-state index is 12.5. The minimum Gasteiger partial charge on any atom is -0.507 e. The molecular weight excluding hydrogens is 358 g/mol. The van der Waals surface area contributed by atoms with Crippen LogP contribution < -0.4 is 5.32 Å². The lowest BCUT2D eigenvalue weighted by atomic mass is 9.78. The van der Waals surface area contributed by atoms with Crippen LogP contribution in [0.3, 0.4) is 0 Å². The molecule has 0 bridgehead atoms. The third-order valence-corrected chi connectivity index (χ3v) is 5.15. The Labute approximate surface area is 166 Å². The number of carbonyl (C=O) groups is 1. The lowest BCUT2D eigenvalue weighted by Gasteiger charge is -2.28. The Morgan fingerprint density at radius 2 is 1.56 bits per heavy atom. The van der Waals surface area contributed by atoms with Crippen molar-refractivity contribution in [2.45, 2.75) is 52.4 Å². The van der Waals surface area contributed by atoms with E-state index in [9.17, 15) is 9.90 Å². The lowest BCUT2D eigenvalue weighted by molar-refractivity contribution is -0.110. The summed E-state index contributed by atoms with van der Waals surface area (Å²) in [6, 6.07) is 9.37. The Morgan fingerprint density at radius 3 is 2.07 bits per heavy atom. The molecule has 1 aliphatic rings. The number of nitrogens with one attached hydrogen (secondary N) is 1. The van der Waals surface area contributed by atoms with Gasteiger partial charge in [0.25, 0.3) is 5.91 Å². The molecule has 2 N–H and O–H groups in total. The fourth-order valence-corrected chi connectivity index (χ4v) is 3.67. The second-order valence-corrected chi connectivity index (χ2v) is 9.55. The monoisotopic (exact) mass is 383 g/mol. The van der Waals surface area contributed by atoms with Gasteiger partial charge >= 0.3 is 0 Å². The van der Waals surface area contributed by atoms with E-state index in [1.54, 1.807) is 6.07 Å². The van der Waals surface area contributed by atoms with Crippen molar-refractivity contribution < 1.29 is 9.90 Å². The minimum atomic E-state index is -0.230. The quantitative estimate of drug-likeness (QED) is 0.581. The number of amides is 1. The second kappa shape index (κ2) is 6.42. The molecule has 1 aliphatic heterocycles. The predicted molar refractivity (Wildman–Crippen MR) is 113 cm³/mol. The summed E-state index contributed by atoms with van der Waals surface area (Å²) in [7, 11) is 0. The van der Waals surface area contributed by atoms with E-state index in [1.807, 2.05) is 30.3 Å². The van der Waals surface area contributed by atoms with Gasteiger partial charge in [0.05, 0.1) is 16.3 Å². The second-order valence-electron chi connectivity index (χ2n) is 9.14. The van der Waals surface area contributed by atoms with E-state index >= 15 is 0 Å². The van der Waals surface area contributed by atoms with E-state index in [1.165, 1.54) is 0 Å². The first-order valence-corrected chi connectivity index (χ1v) is 9.47. The van der Waals surface area contributed by atoms with Gasteiger partial charge in [0.15, 0.2) is 0 Å². The van der Waals surface area contributed by atoms with Crippen molar-refractivity contribution in [3.05, 3.63) is 57.6 Å². The van der Waals surface area contributed by atoms with Crippen LogP contribution in [0.4, 0.5) is 5.69 Å². The smallest absolute Gasteiger partial charge is 0.256 e. The van der Waals surface area contributed by atoms with Gasteiger partial charge in [0.2, 0.25) is 0 Å². The summed E-state index contributed by atoms with van der Waals surface area (Å²) < 4.78 is 0. The van der Waals surface area contributed by atoms with Crippen molar-refractivity contribution in [2.24, 2.45) is 0 Å². The van der Waals surface area contributed by atoms with E-state index in [0.29, 0.717) is 16.3 Å². The molecular formula is C23H26ClNO2. The summed E-state index contributed by atoms with van der Waals surface area (Å²) >= 11 is 6.36. The number of phenols is 1. The largest absolute Gasteiger partial charge is 0.507 e. The highest BCUT2D eigenvalue weighted by Crippen LogP contribution is 2.42. The third kappa shape index (κ3) is 3.61. The van der Waals surface area contributed by atoms with Crippen LogP contribution in [-0.4, -0.2) is 11.0 Å². The Balaban J connectivity index is 2.25. The van der Waals surface area contributed by atoms with E-state index in [0.717, 1.165) is 27.9 Å². The molecule has 1 heterocycles. The summed E-state index contributed by atoms with van der Waals surface area (Å²) in [5.41, 5.74) is 4.13. The standard InChI is InChI=1S/C23H26ClNO2/c1-22(2,3)15-11-13(12-16(20(15)26)23(4,5)6)10-14-19-17(24)8-7-9-18(19)25-21(14)27/h7-12,26H,1-6H3,(H,25,27). The highest BCUT2D eigenvalue weighted by atomic mass is 35.5. The predicted octanol–water partition coefficient (Wildman–Crippen LogP) is 6.13. The molecule has 0 unspecified atom stereocenters. The van der Waals surface area contributed by atoms with E-state index in [2.05, 4.69) is 46.9 Å². The van der Waals surface area contributed by atoms with Crippen molar-refractivity contribution in [3.8, 4) is 5.75 Å². The number of anilines is 1. The molecule has 2 aromatic carbocycles. The fraction of sp³-hybridized carbons (Fsp3) is 0.348. The van der Waals surface area contributed by atoms with Gasteiger partial charge in [-0.1, -0.05) is 59.2 Å². The zero-order chi connectivity index (χ0) is 20.1. The lowest BCUT2D eigenvalue weighted by Crippen LogP contribution is -2.17. The minimum absolute atomic E-state index is 0.166. The normalized spacial score (nSPS) is 15.8. The SMILES string of the molecule is CC(C)(C)c1cc(C=C2C(=O)Nc3cccc(Cl)c32)cc(C(C)(C)C)c1O. The summed E-state index contributed by atoms with van der Waals surface area (Å²) in [5.74, 6) is 0.159. The zero-order valence-electron chi connectivity index (χ0n) is 16.7. The van der Waals surface area contributed by atoms with Gasteiger partial charge in [-0.15, -0.1) is 0 Å². The van der Waals surface area contributed by atoms with Crippen molar-refractivity contribution >= 4 is 34.8 Å². The molecule has 3 rings (SSSR count). The number of phenolic OH excluding ortho intramolecular Hbond substituents is 1. The fourth-order valence-electron chi connectivity index (χ4n) is 3.39. The first-order valence-electron chi connectivity index (χ1n) is 9.09. The van der Waals surface area contributed by atoms with Gasteiger partial charge in [-0.25, -0.2) is 0 Å². The number of carbonyl (C=O) groups excluding carboxylic acids is 1. The topological polar surface area (TPSA) is 49.3 Å². The Morgan fingerprint density at radius 1 is 1.00 bits per heavy atom. The average molecular weight is 384 g/mol. The molecule has 142 valence electrons. The number of halogens is 1. The number of rotatable bonds is 1. The van der Waals surface area contributed by atoms with Gasteiger partial charge in [-0.05, 0) is 46.7 Å². The van der Waals surface area contributed by atoms with Crippen LogP contribution in [0.25, 0.3) is 11.6 Å². The molecule has 4 heteroatoms. The Hall–Kier alpha value is -2.26. The molecule has 0 saturated heterocycles. The van der Waals surface area contributed by atoms with Crippen molar-refractivity contribution in [3.63, 3.8) is 0 Å². The van der Waals surface area contributed by atoms with Gasteiger partial charge in [0.1, 0.15) is 5.75 Å². The zero-order valence-corrected chi connectivity index (χ0v) is 17.5. The van der Waals surface area contributed by atoms with Crippen LogP contribution in [0.5, 0.6) is 5.75 Å². The number of hydrogen-bond donors (Lipinski definition) is 2. The van der Waals surface area contributed by atoms with Crippen LogP contribution >= 0.6 is 11.6 Å². The van der Waals surface area contributed by atoms with Crippen molar-refractivity contribution in [1.29, 1.82) is 0 Å². The molecule has 3 nitrogen and oxygen atoms in total. The van der Waals surface area contributed by atoms with Gasteiger partial charge < -0.3 is 10.4 Å². The summed E-state index contributed by atoms with van der Waals surface area (Å²) in [6.07, 6.45) is 1.86. The van der Waals surface area contributed by atoms with E-state index < -0.39 is 0 Å². The van der Waals surface area contributed by atoms with Crippen LogP contribution in [0.2, 0.25) is 5.02 Å². The highest BCUT2D eigenvalue weighted by Gasteiger charge is 2.29. The molecule has 0 aromatic heterocycles. The van der Waals surface area contributed by atoms with E-state index in [4.69, 9.17) is 11.6 Å². The molecule has 2 aromatic rings.